The standard InChI is InChI=1S/C15H21FN2O2/c1-11-12(7-8-17-11)15(19)18(2)9-10-20-14-6-4-3-5-13(14)16/h3-6,11-12,17H,7-10H2,1-2H3. The first-order valence-corrected chi connectivity index (χ1v) is 6.95. The average molecular weight is 280 g/mol. The predicted octanol–water partition coefficient (Wildman–Crippen LogP) is 1.66. The molecule has 1 aliphatic heterocycles. The molecule has 2 rings (SSSR count). The van der Waals surface area contributed by atoms with E-state index in [0.29, 0.717) is 6.54 Å². The van der Waals surface area contributed by atoms with E-state index in [1.54, 1.807) is 30.1 Å². The monoisotopic (exact) mass is 280 g/mol. The quantitative estimate of drug-likeness (QED) is 0.892. The highest BCUT2D eigenvalue weighted by Gasteiger charge is 2.31. The summed E-state index contributed by atoms with van der Waals surface area (Å²) in [5, 5.41) is 3.27. The van der Waals surface area contributed by atoms with Gasteiger partial charge in [0.1, 0.15) is 6.61 Å². The molecule has 1 heterocycles. The highest BCUT2D eigenvalue weighted by atomic mass is 19.1. The van der Waals surface area contributed by atoms with Crippen LogP contribution >= 0.6 is 0 Å². The number of likely N-dealkylation sites (N-methyl/N-ethyl adjacent to an activating group) is 1. The number of benzene rings is 1. The molecule has 0 spiro atoms. The summed E-state index contributed by atoms with van der Waals surface area (Å²) >= 11 is 0. The number of nitrogens with one attached hydrogen (secondary N) is 1. The summed E-state index contributed by atoms with van der Waals surface area (Å²) in [6.07, 6.45) is 0.874. The molecular weight excluding hydrogens is 259 g/mol. The van der Waals surface area contributed by atoms with E-state index < -0.39 is 0 Å². The molecule has 0 bridgehead atoms. The number of ether oxygens (including phenoxy) is 1. The second-order valence-corrected chi connectivity index (χ2v) is 5.18. The first-order valence-electron chi connectivity index (χ1n) is 6.95. The van der Waals surface area contributed by atoms with Gasteiger partial charge in [0.2, 0.25) is 5.91 Å². The van der Waals surface area contributed by atoms with Gasteiger partial charge in [-0.3, -0.25) is 4.79 Å². The Kier molecular flexibility index (Phi) is 4.95. The van der Waals surface area contributed by atoms with Gasteiger partial charge in [0.25, 0.3) is 0 Å². The number of amides is 1. The third-order valence-corrected chi connectivity index (χ3v) is 3.74. The van der Waals surface area contributed by atoms with E-state index in [1.807, 2.05) is 6.92 Å². The Morgan fingerprint density at radius 1 is 1.50 bits per heavy atom. The van der Waals surface area contributed by atoms with E-state index in [0.717, 1.165) is 13.0 Å². The molecule has 1 N–H and O–H groups in total. The maximum atomic E-state index is 13.4. The Balaban J connectivity index is 1.79. The van der Waals surface area contributed by atoms with Crippen LogP contribution in [-0.2, 0) is 4.79 Å². The predicted molar refractivity (Wildman–Crippen MR) is 75.1 cm³/mol. The smallest absolute Gasteiger partial charge is 0.227 e. The van der Waals surface area contributed by atoms with Crippen molar-refractivity contribution in [3.63, 3.8) is 0 Å². The van der Waals surface area contributed by atoms with Crippen molar-refractivity contribution >= 4 is 5.91 Å². The molecule has 1 aromatic rings. The zero-order chi connectivity index (χ0) is 14.5. The Hall–Kier alpha value is -1.62. The molecule has 0 radical (unpaired) electrons. The van der Waals surface area contributed by atoms with E-state index >= 15 is 0 Å². The zero-order valence-electron chi connectivity index (χ0n) is 11.9. The molecule has 0 aliphatic carbocycles. The Morgan fingerprint density at radius 2 is 2.25 bits per heavy atom. The first-order chi connectivity index (χ1) is 9.59. The van der Waals surface area contributed by atoms with E-state index in [1.165, 1.54) is 6.07 Å². The lowest BCUT2D eigenvalue weighted by molar-refractivity contribution is -0.134. The van der Waals surface area contributed by atoms with Crippen LogP contribution in [-0.4, -0.2) is 43.6 Å². The van der Waals surface area contributed by atoms with Crippen molar-refractivity contribution < 1.29 is 13.9 Å². The number of carbonyl (C=O) groups excluding carboxylic acids is 1. The van der Waals surface area contributed by atoms with Crippen molar-refractivity contribution in [1.82, 2.24) is 10.2 Å². The molecule has 5 heteroatoms. The lowest BCUT2D eigenvalue weighted by Crippen LogP contribution is -2.39. The van der Waals surface area contributed by atoms with Crippen LogP contribution in [0.2, 0.25) is 0 Å². The summed E-state index contributed by atoms with van der Waals surface area (Å²) in [4.78, 5) is 13.9. The molecule has 1 aromatic carbocycles. The minimum Gasteiger partial charge on any atom is -0.489 e. The molecule has 0 saturated carbocycles. The van der Waals surface area contributed by atoms with E-state index in [-0.39, 0.29) is 36.0 Å². The normalized spacial score (nSPS) is 21.8. The Bertz CT molecular complexity index is 467. The molecule has 4 nitrogen and oxygen atoms in total. The summed E-state index contributed by atoms with van der Waals surface area (Å²) < 4.78 is 18.7. The number of carbonyl (C=O) groups is 1. The maximum Gasteiger partial charge on any atom is 0.227 e. The third kappa shape index (κ3) is 3.48. The molecule has 1 aliphatic rings. The van der Waals surface area contributed by atoms with Gasteiger partial charge in [-0.15, -0.1) is 0 Å². The summed E-state index contributed by atoms with van der Waals surface area (Å²) in [7, 11) is 1.76. The van der Waals surface area contributed by atoms with Gasteiger partial charge in [-0.2, -0.15) is 0 Å². The van der Waals surface area contributed by atoms with E-state index in [4.69, 9.17) is 4.74 Å². The van der Waals surface area contributed by atoms with Crippen LogP contribution in [0, 0.1) is 11.7 Å². The van der Waals surface area contributed by atoms with Crippen LogP contribution in [0.5, 0.6) is 5.75 Å². The summed E-state index contributed by atoms with van der Waals surface area (Å²) in [6.45, 7) is 3.66. The molecule has 1 fully saturated rings. The molecule has 110 valence electrons. The zero-order valence-corrected chi connectivity index (χ0v) is 11.9. The van der Waals surface area contributed by atoms with Crippen LogP contribution in [0.3, 0.4) is 0 Å². The van der Waals surface area contributed by atoms with Crippen LogP contribution in [0.1, 0.15) is 13.3 Å². The number of rotatable bonds is 5. The highest BCUT2D eigenvalue weighted by molar-refractivity contribution is 5.79. The lowest BCUT2D eigenvalue weighted by atomic mass is 10.0. The van der Waals surface area contributed by atoms with Gasteiger partial charge in [-0.1, -0.05) is 12.1 Å². The number of halogens is 1. The van der Waals surface area contributed by atoms with Crippen LogP contribution in [0.15, 0.2) is 24.3 Å². The fourth-order valence-corrected chi connectivity index (χ4v) is 2.44. The molecule has 1 amide bonds. The van der Waals surface area contributed by atoms with Crippen LogP contribution in [0.25, 0.3) is 0 Å². The van der Waals surface area contributed by atoms with Crippen molar-refractivity contribution in [1.29, 1.82) is 0 Å². The second-order valence-electron chi connectivity index (χ2n) is 5.18. The molecule has 0 aromatic heterocycles. The van der Waals surface area contributed by atoms with Crippen LogP contribution < -0.4 is 10.1 Å². The van der Waals surface area contributed by atoms with Gasteiger partial charge in [-0.25, -0.2) is 4.39 Å². The molecule has 2 unspecified atom stereocenters. The minimum atomic E-state index is -0.380. The van der Waals surface area contributed by atoms with Crippen molar-refractivity contribution in [3.05, 3.63) is 30.1 Å². The summed E-state index contributed by atoms with van der Waals surface area (Å²) in [6, 6.07) is 6.50. The van der Waals surface area contributed by atoms with Gasteiger partial charge in [0, 0.05) is 13.1 Å². The fourth-order valence-electron chi connectivity index (χ4n) is 2.44. The molecule has 2 atom stereocenters. The SMILES string of the molecule is CC1NCCC1C(=O)N(C)CCOc1ccccc1F. The largest absolute Gasteiger partial charge is 0.489 e. The van der Waals surface area contributed by atoms with Crippen LogP contribution in [0.4, 0.5) is 4.39 Å². The minimum absolute atomic E-state index is 0.0356. The number of hydrogen-bond acceptors (Lipinski definition) is 3. The first kappa shape index (κ1) is 14.8. The number of para-hydroxylation sites is 1. The highest BCUT2D eigenvalue weighted by Crippen LogP contribution is 2.18. The Morgan fingerprint density at radius 3 is 2.90 bits per heavy atom. The Labute approximate surface area is 118 Å². The second kappa shape index (κ2) is 6.70. The van der Waals surface area contributed by atoms with Crippen molar-refractivity contribution in [2.75, 3.05) is 26.7 Å². The summed E-state index contributed by atoms with van der Waals surface area (Å²) in [5.74, 6) is 0.00689. The summed E-state index contributed by atoms with van der Waals surface area (Å²) in [5.41, 5.74) is 0. The van der Waals surface area contributed by atoms with Gasteiger partial charge < -0.3 is 15.0 Å². The van der Waals surface area contributed by atoms with Crippen molar-refractivity contribution in [2.45, 2.75) is 19.4 Å². The topological polar surface area (TPSA) is 41.6 Å². The molecular formula is C15H21FN2O2. The van der Waals surface area contributed by atoms with Crippen molar-refractivity contribution in [2.24, 2.45) is 5.92 Å². The number of nitrogens with zero attached hydrogens (tertiary/aromatic N) is 1. The van der Waals surface area contributed by atoms with Gasteiger partial charge >= 0.3 is 0 Å². The molecule has 1 saturated heterocycles. The van der Waals surface area contributed by atoms with E-state index in [2.05, 4.69) is 5.32 Å². The van der Waals surface area contributed by atoms with Crippen molar-refractivity contribution in [3.8, 4) is 5.75 Å². The van der Waals surface area contributed by atoms with Gasteiger partial charge in [-0.05, 0) is 32.0 Å². The van der Waals surface area contributed by atoms with Gasteiger partial charge in [0.05, 0.1) is 12.5 Å². The average Bonchev–Trinajstić information content (AvgIpc) is 2.86. The molecule has 20 heavy (non-hydrogen) atoms. The fraction of sp³-hybridized carbons (Fsp3) is 0.533. The number of hydrogen-bond donors (Lipinski definition) is 1. The maximum absolute atomic E-state index is 13.4. The lowest BCUT2D eigenvalue weighted by Gasteiger charge is -2.23. The van der Waals surface area contributed by atoms with E-state index in [9.17, 15) is 9.18 Å². The van der Waals surface area contributed by atoms with Gasteiger partial charge in [0.15, 0.2) is 11.6 Å². The third-order valence-electron chi connectivity index (χ3n) is 3.74.